The zero-order valence-corrected chi connectivity index (χ0v) is 19.1. The highest BCUT2D eigenvalue weighted by Crippen LogP contribution is 2.30. The molecule has 1 N–H and O–H groups in total. The van der Waals surface area contributed by atoms with E-state index in [1.165, 1.54) is 22.5 Å². The fraction of sp³-hybridized carbons (Fsp3) is 0.333. The first kappa shape index (κ1) is 23.5. The lowest BCUT2D eigenvalue weighted by Crippen LogP contribution is -2.43. The van der Waals surface area contributed by atoms with Gasteiger partial charge in [-0.1, -0.05) is 23.2 Å². The van der Waals surface area contributed by atoms with Crippen LogP contribution in [0.25, 0.3) is 0 Å². The summed E-state index contributed by atoms with van der Waals surface area (Å²) in [5.74, 6) is -1.25. The van der Waals surface area contributed by atoms with Crippen molar-refractivity contribution in [2.24, 2.45) is 5.92 Å². The Labute approximate surface area is 191 Å². The van der Waals surface area contributed by atoms with Crippen molar-refractivity contribution in [3.8, 4) is 0 Å². The van der Waals surface area contributed by atoms with Crippen LogP contribution in [0.3, 0.4) is 0 Å². The molecule has 0 spiro atoms. The molecule has 0 aromatic heterocycles. The van der Waals surface area contributed by atoms with Crippen molar-refractivity contribution in [2.45, 2.75) is 24.7 Å². The van der Waals surface area contributed by atoms with Crippen LogP contribution in [0.2, 0.25) is 10.0 Å². The number of piperidine rings is 1. The number of nitrogens with one attached hydrogen (secondary N) is 1. The van der Waals surface area contributed by atoms with E-state index in [2.05, 4.69) is 5.32 Å². The average Bonchev–Trinajstić information content (AvgIpc) is 2.76. The predicted molar refractivity (Wildman–Crippen MR) is 119 cm³/mol. The van der Waals surface area contributed by atoms with E-state index in [0.717, 1.165) is 0 Å². The topological polar surface area (TPSA) is 92.8 Å². The van der Waals surface area contributed by atoms with Crippen LogP contribution in [-0.2, 0) is 19.6 Å². The lowest BCUT2D eigenvalue weighted by molar-refractivity contribution is -0.120. The van der Waals surface area contributed by atoms with E-state index in [-0.39, 0.29) is 34.0 Å². The van der Waals surface area contributed by atoms with Crippen molar-refractivity contribution in [1.29, 1.82) is 0 Å². The molecule has 0 aliphatic carbocycles. The predicted octanol–water partition coefficient (Wildman–Crippen LogP) is 4.21. The molecule has 0 bridgehead atoms. The number of anilines is 1. The van der Waals surface area contributed by atoms with E-state index in [9.17, 15) is 18.0 Å². The number of hydrogen-bond donors (Lipinski definition) is 1. The molecular weight excluding hydrogens is 463 g/mol. The van der Waals surface area contributed by atoms with Crippen LogP contribution in [-0.4, -0.2) is 44.3 Å². The molecule has 3 rings (SSSR count). The average molecular weight is 485 g/mol. The monoisotopic (exact) mass is 484 g/mol. The lowest BCUT2D eigenvalue weighted by Gasteiger charge is -2.31. The van der Waals surface area contributed by atoms with Crippen LogP contribution in [0.1, 0.15) is 30.1 Å². The van der Waals surface area contributed by atoms with Gasteiger partial charge in [0.1, 0.15) is 4.90 Å². The first-order chi connectivity index (χ1) is 14.7. The van der Waals surface area contributed by atoms with E-state index in [0.29, 0.717) is 30.6 Å². The Hall–Kier alpha value is -2.13. The van der Waals surface area contributed by atoms with Gasteiger partial charge in [-0.3, -0.25) is 4.79 Å². The van der Waals surface area contributed by atoms with Gasteiger partial charge < -0.3 is 10.1 Å². The number of ether oxygens (including phenoxy) is 1. The van der Waals surface area contributed by atoms with Gasteiger partial charge in [0.2, 0.25) is 15.9 Å². The van der Waals surface area contributed by atoms with E-state index >= 15 is 0 Å². The van der Waals surface area contributed by atoms with Crippen molar-refractivity contribution in [1.82, 2.24) is 4.31 Å². The fourth-order valence-corrected chi connectivity index (χ4v) is 5.60. The Morgan fingerprint density at radius 2 is 1.87 bits per heavy atom. The molecule has 2 aromatic carbocycles. The van der Waals surface area contributed by atoms with Crippen LogP contribution in [0.5, 0.6) is 0 Å². The highest BCUT2D eigenvalue weighted by Gasteiger charge is 2.34. The van der Waals surface area contributed by atoms with Crippen molar-refractivity contribution in [3.05, 3.63) is 58.1 Å². The minimum Gasteiger partial charge on any atom is -0.462 e. The third-order valence-corrected chi connectivity index (χ3v) is 7.51. The van der Waals surface area contributed by atoms with E-state index in [1.807, 2.05) is 0 Å². The molecule has 0 saturated carbocycles. The number of nitrogens with zero attached hydrogens (tertiary/aromatic N) is 1. The summed E-state index contributed by atoms with van der Waals surface area (Å²) in [6.45, 7) is 2.33. The zero-order chi connectivity index (χ0) is 22.6. The summed E-state index contributed by atoms with van der Waals surface area (Å²) in [5, 5.41) is 3.13. The summed E-state index contributed by atoms with van der Waals surface area (Å²) in [6.07, 6.45) is 1.10. The van der Waals surface area contributed by atoms with Crippen molar-refractivity contribution in [2.75, 3.05) is 25.0 Å². The molecule has 7 nitrogen and oxygen atoms in total. The quantitative estimate of drug-likeness (QED) is 0.619. The van der Waals surface area contributed by atoms with Gasteiger partial charge in [-0.15, -0.1) is 0 Å². The SMILES string of the molecule is CCOC(=O)c1ccc(NC(=O)[C@@H]2CCCN(S(=O)(=O)c3cc(Cl)ccc3Cl)C2)cc1. The standard InChI is InChI=1S/C21H22Cl2N2O5S/c1-2-30-21(27)14-5-8-17(9-6-14)24-20(26)15-4-3-11-25(13-15)31(28,29)19-12-16(22)7-10-18(19)23/h5-10,12,15H,2-4,11,13H2,1H3,(H,24,26)/t15-/m1/s1. The summed E-state index contributed by atoms with van der Waals surface area (Å²) < 4.78 is 32.3. The van der Waals surface area contributed by atoms with Crippen LogP contribution < -0.4 is 5.32 Å². The highest BCUT2D eigenvalue weighted by atomic mass is 35.5. The number of hydrogen-bond acceptors (Lipinski definition) is 5. The Balaban J connectivity index is 1.69. The molecular formula is C21H22Cl2N2O5S. The van der Waals surface area contributed by atoms with Gasteiger partial charge in [0.05, 0.1) is 23.1 Å². The smallest absolute Gasteiger partial charge is 0.338 e. The molecule has 1 atom stereocenters. The van der Waals surface area contributed by atoms with Crippen molar-refractivity contribution < 1.29 is 22.7 Å². The molecule has 10 heteroatoms. The van der Waals surface area contributed by atoms with E-state index in [4.69, 9.17) is 27.9 Å². The van der Waals surface area contributed by atoms with Crippen LogP contribution in [0.15, 0.2) is 47.4 Å². The van der Waals surface area contributed by atoms with E-state index in [1.54, 1.807) is 31.2 Å². The largest absolute Gasteiger partial charge is 0.462 e. The number of rotatable bonds is 6. The van der Waals surface area contributed by atoms with Gasteiger partial charge in [-0.05, 0) is 62.2 Å². The number of carbonyl (C=O) groups excluding carboxylic acids is 2. The van der Waals surface area contributed by atoms with Gasteiger partial charge >= 0.3 is 5.97 Å². The number of halogens is 2. The van der Waals surface area contributed by atoms with E-state index < -0.39 is 21.9 Å². The van der Waals surface area contributed by atoms with Gasteiger partial charge in [0, 0.05) is 23.8 Å². The molecule has 31 heavy (non-hydrogen) atoms. The highest BCUT2D eigenvalue weighted by molar-refractivity contribution is 7.89. The molecule has 1 aliphatic rings. The summed E-state index contributed by atoms with van der Waals surface area (Å²) in [4.78, 5) is 24.4. The van der Waals surface area contributed by atoms with Gasteiger partial charge in [-0.25, -0.2) is 13.2 Å². The molecule has 0 unspecified atom stereocenters. The molecule has 166 valence electrons. The Kier molecular flexibility index (Phi) is 7.59. The van der Waals surface area contributed by atoms with Gasteiger partial charge in [-0.2, -0.15) is 4.31 Å². The minimum absolute atomic E-state index is 0.0396. The zero-order valence-electron chi connectivity index (χ0n) is 16.8. The third kappa shape index (κ3) is 5.57. The maximum Gasteiger partial charge on any atom is 0.338 e. The third-order valence-electron chi connectivity index (χ3n) is 4.93. The molecule has 0 radical (unpaired) electrons. The summed E-state index contributed by atoms with van der Waals surface area (Å²) in [7, 11) is -3.89. The van der Waals surface area contributed by atoms with Gasteiger partial charge in [0.15, 0.2) is 0 Å². The second-order valence-corrected chi connectivity index (χ2v) is 9.81. The second kappa shape index (κ2) is 9.99. The summed E-state index contributed by atoms with van der Waals surface area (Å²) >= 11 is 12.0. The van der Waals surface area contributed by atoms with Crippen LogP contribution >= 0.6 is 23.2 Å². The summed E-state index contributed by atoms with van der Waals surface area (Å²) in [5.41, 5.74) is 0.893. The normalized spacial score (nSPS) is 17.2. The minimum atomic E-state index is -3.89. The number of amides is 1. The molecule has 1 fully saturated rings. The molecule has 1 saturated heterocycles. The summed E-state index contributed by atoms with van der Waals surface area (Å²) in [6, 6.07) is 10.6. The Morgan fingerprint density at radius 3 is 2.55 bits per heavy atom. The maximum atomic E-state index is 13.0. The maximum absolute atomic E-state index is 13.0. The second-order valence-electron chi connectivity index (χ2n) is 7.06. The number of carbonyl (C=O) groups is 2. The fourth-order valence-electron chi connectivity index (χ4n) is 3.34. The molecule has 1 amide bonds. The lowest BCUT2D eigenvalue weighted by atomic mass is 9.98. The van der Waals surface area contributed by atoms with Crippen LogP contribution in [0, 0.1) is 5.92 Å². The Morgan fingerprint density at radius 1 is 1.16 bits per heavy atom. The van der Waals surface area contributed by atoms with Crippen molar-refractivity contribution in [3.63, 3.8) is 0 Å². The molecule has 2 aromatic rings. The van der Waals surface area contributed by atoms with Crippen LogP contribution in [0.4, 0.5) is 5.69 Å². The molecule has 1 heterocycles. The first-order valence-corrected chi connectivity index (χ1v) is 11.9. The number of esters is 1. The Bertz CT molecular complexity index is 1070. The first-order valence-electron chi connectivity index (χ1n) is 9.75. The van der Waals surface area contributed by atoms with Gasteiger partial charge in [0.25, 0.3) is 0 Å². The van der Waals surface area contributed by atoms with Crippen molar-refractivity contribution >= 4 is 50.8 Å². The molecule has 1 aliphatic heterocycles. The number of sulfonamides is 1. The number of benzene rings is 2.